The van der Waals surface area contributed by atoms with Crippen LogP contribution in [0, 0.1) is 10.1 Å². The Kier molecular flexibility index (Phi) is 4.05. The average molecular weight is 271 g/mol. The molecule has 0 spiro atoms. The molecule has 2 aromatic rings. The monoisotopic (exact) mass is 271 g/mol. The van der Waals surface area contributed by atoms with Gasteiger partial charge in [-0.2, -0.15) is 0 Å². The molecule has 1 aromatic heterocycles. The number of nitro groups is 1. The third-order valence-corrected chi connectivity index (χ3v) is 2.93. The van der Waals surface area contributed by atoms with Crippen molar-refractivity contribution in [3.63, 3.8) is 0 Å². The Morgan fingerprint density at radius 3 is 2.60 bits per heavy atom. The van der Waals surface area contributed by atoms with Gasteiger partial charge in [0, 0.05) is 49.4 Å². The molecule has 0 bridgehead atoms. The van der Waals surface area contributed by atoms with E-state index in [0.29, 0.717) is 24.1 Å². The molecule has 1 aromatic carbocycles. The van der Waals surface area contributed by atoms with Gasteiger partial charge in [0.1, 0.15) is 0 Å². The highest BCUT2D eigenvalue weighted by atomic mass is 16.6. The Bertz CT molecular complexity index is 629. The largest absolute Gasteiger partial charge is 0.370 e. The molecule has 20 heavy (non-hydrogen) atoms. The van der Waals surface area contributed by atoms with Crippen molar-refractivity contribution in [3.8, 4) is 0 Å². The molecule has 2 rings (SSSR count). The van der Waals surface area contributed by atoms with E-state index >= 15 is 0 Å². The number of nitro benzene ring substituents is 1. The summed E-state index contributed by atoms with van der Waals surface area (Å²) in [5, 5.41) is 10.7. The SMILES string of the molecule is CN(Cc1ccncc1)c1ccc([N+](=O)[O-])cc1C=O. The maximum absolute atomic E-state index is 11.1. The van der Waals surface area contributed by atoms with Crippen LogP contribution in [-0.4, -0.2) is 23.2 Å². The van der Waals surface area contributed by atoms with E-state index in [0.717, 1.165) is 5.56 Å². The van der Waals surface area contributed by atoms with Gasteiger partial charge in [-0.15, -0.1) is 0 Å². The average Bonchev–Trinajstić information content (AvgIpc) is 2.47. The van der Waals surface area contributed by atoms with E-state index < -0.39 is 4.92 Å². The molecule has 0 atom stereocenters. The number of rotatable bonds is 5. The molecule has 6 heteroatoms. The summed E-state index contributed by atoms with van der Waals surface area (Å²) >= 11 is 0. The van der Waals surface area contributed by atoms with Gasteiger partial charge in [0.15, 0.2) is 6.29 Å². The van der Waals surface area contributed by atoms with Crippen LogP contribution in [0.5, 0.6) is 0 Å². The summed E-state index contributed by atoms with van der Waals surface area (Å²) in [5.41, 5.74) is 1.91. The summed E-state index contributed by atoms with van der Waals surface area (Å²) in [5.74, 6) is 0. The van der Waals surface area contributed by atoms with Crippen LogP contribution >= 0.6 is 0 Å². The molecule has 0 saturated carbocycles. The van der Waals surface area contributed by atoms with Crippen LogP contribution in [0.1, 0.15) is 15.9 Å². The lowest BCUT2D eigenvalue weighted by Gasteiger charge is -2.20. The Morgan fingerprint density at radius 1 is 1.30 bits per heavy atom. The van der Waals surface area contributed by atoms with Gasteiger partial charge in [0.05, 0.1) is 4.92 Å². The van der Waals surface area contributed by atoms with Crippen molar-refractivity contribution in [3.05, 3.63) is 64.0 Å². The van der Waals surface area contributed by atoms with E-state index in [1.807, 2.05) is 24.1 Å². The number of carbonyl (C=O) groups excluding carboxylic acids is 1. The molecular weight excluding hydrogens is 258 g/mol. The van der Waals surface area contributed by atoms with Crippen molar-refractivity contribution in [2.45, 2.75) is 6.54 Å². The standard InChI is InChI=1S/C14H13N3O3/c1-16(9-11-4-6-15-7-5-11)14-3-2-13(17(19)20)8-12(14)10-18/h2-8,10H,9H2,1H3. The fraction of sp³-hybridized carbons (Fsp3) is 0.143. The first kappa shape index (κ1) is 13.7. The van der Waals surface area contributed by atoms with Crippen LogP contribution in [0.15, 0.2) is 42.7 Å². The Morgan fingerprint density at radius 2 is 2.00 bits per heavy atom. The second kappa shape index (κ2) is 5.92. The topological polar surface area (TPSA) is 76.3 Å². The second-order valence-corrected chi connectivity index (χ2v) is 4.33. The van der Waals surface area contributed by atoms with Gasteiger partial charge in [0.2, 0.25) is 0 Å². The van der Waals surface area contributed by atoms with Gasteiger partial charge in [-0.3, -0.25) is 19.9 Å². The van der Waals surface area contributed by atoms with Gasteiger partial charge >= 0.3 is 0 Å². The normalized spacial score (nSPS) is 10.1. The first-order valence-electron chi connectivity index (χ1n) is 5.95. The molecule has 1 heterocycles. The molecule has 0 fully saturated rings. The minimum Gasteiger partial charge on any atom is -0.370 e. The summed E-state index contributed by atoms with van der Waals surface area (Å²) in [7, 11) is 1.83. The van der Waals surface area contributed by atoms with E-state index in [1.54, 1.807) is 18.5 Å². The molecule has 0 aliphatic heterocycles. The van der Waals surface area contributed by atoms with E-state index in [9.17, 15) is 14.9 Å². The molecular formula is C14H13N3O3. The number of benzene rings is 1. The number of hydrogen-bond donors (Lipinski definition) is 0. The van der Waals surface area contributed by atoms with Crippen LogP contribution in [0.25, 0.3) is 0 Å². The lowest BCUT2D eigenvalue weighted by Crippen LogP contribution is -2.18. The van der Waals surface area contributed by atoms with Crippen molar-refractivity contribution < 1.29 is 9.72 Å². The Hall–Kier alpha value is -2.76. The smallest absolute Gasteiger partial charge is 0.270 e. The molecule has 102 valence electrons. The molecule has 6 nitrogen and oxygen atoms in total. The zero-order chi connectivity index (χ0) is 14.5. The number of carbonyl (C=O) groups is 1. The van der Waals surface area contributed by atoms with E-state index in [-0.39, 0.29) is 5.69 Å². The molecule has 0 unspecified atom stereocenters. The number of anilines is 1. The summed E-state index contributed by atoms with van der Waals surface area (Å²) in [6, 6.07) is 8.02. The number of aldehydes is 1. The maximum atomic E-state index is 11.1. The van der Waals surface area contributed by atoms with Crippen LogP contribution in [0.3, 0.4) is 0 Å². The zero-order valence-electron chi connectivity index (χ0n) is 10.9. The predicted molar refractivity (Wildman–Crippen MR) is 74.8 cm³/mol. The van der Waals surface area contributed by atoms with Crippen LogP contribution in [0.2, 0.25) is 0 Å². The van der Waals surface area contributed by atoms with E-state index in [4.69, 9.17) is 0 Å². The highest BCUT2D eigenvalue weighted by Gasteiger charge is 2.13. The second-order valence-electron chi connectivity index (χ2n) is 4.33. The minimum atomic E-state index is -0.514. The number of non-ortho nitro benzene ring substituents is 1. The molecule has 0 amide bonds. The first-order chi connectivity index (χ1) is 9.61. The van der Waals surface area contributed by atoms with Gasteiger partial charge < -0.3 is 4.90 Å². The fourth-order valence-corrected chi connectivity index (χ4v) is 1.94. The van der Waals surface area contributed by atoms with Gasteiger partial charge in [0.25, 0.3) is 5.69 Å². The third kappa shape index (κ3) is 2.97. The van der Waals surface area contributed by atoms with Crippen molar-refractivity contribution in [1.82, 2.24) is 4.98 Å². The zero-order valence-corrected chi connectivity index (χ0v) is 10.9. The van der Waals surface area contributed by atoms with E-state index in [2.05, 4.69) is 4.98 Å². The number of nitrogens with zero attached hydrogens (tertiary/aromatic N) is 3. The van der Waals surface area contributed by atoms with Gasteiger partial charge in [-0.05, 0) is 23.8 Å². The lowest BCUT2D eigenvalue weighted by atomic mass is 10.1. The lowest BCUT2D eigenvalue weighted by molar-refractivity contribution is -0.384. The first-order valence-corrected chi connectivity index (χ1v) is 5.95. The highest BCUT2D eigenvalue weighted by Crippen LogP contribution is 2.24. The summed E-state index contributed by atoms with van der Waals surface area (Å²) in [6.07, 6.45) is 4.02. The van der Waals surface area contributed by atoms with Crippen molar-refractivity contribution in [1.29, 1.82) is 0 Å². The summed E-state index contributed by atoms with van der Waals surface area (Å²) < 4.78 is 0. The molecule has 0 N–H and O–H groups in total. The summed E-state index contributed by atoms with van der Waals surface area (Å²) in [4.78, 5) is 27.1. The van der Waals surface area contributed by atoms with Crippen molar-refractivity contribution in [2.75, 3.05) is 11.9 Å². The quantitative estimate of drug-likeness (QED) is 0.474. The number of aromatic nitrogens is 1. The minimum absolute atomic E-state index is 0.0897. The number of pyridine rings is 1. The van der Waals surface area contributed by atoms with E-state index in [1.165, 1.54) is 12.1 Å². The Labute approximate surface area is 115 Å². The number of hydrogen-bond acceptors (Lipinski definition) is 5. The van der Waals surface area contributed by atoms with Gasteiger partial charge in [-0.25, -0.2) is 0 Å². The third-order valence-electron chi connectivity index (χ3n) is 2.93. The Balaban J connectivity index is 2.27. The highest BCUT2D eigenvalue weighted by molar-refractivity contribution is 5.85. The van der Waals surface area contributed by atoms with Gasteiger partial charge in [-0.1, -0.05) is 0 Å². The molecule has 0 saturated heterocycles. The van der Waals surface area contributed by atoms with Crippen LogP contribution in [0.4, 0.5) is 11.4 Å². The van der Waals surface area contributed by atoms with Crippen molar-refractivity contribution >= 4 is 17.7 Å². The van der Waals surface area contributed by atoms with Crippen LogP contribution in [-0.2, 0) is 6.54 Å². The molecule has 0 aliphatic carbocycles. The summed E-state index contributed by atoms with van der Waals surface area (Å²) in [6.45, 7) is 0.584. The fourth-order valence-electron chi connectivity index (χ4n) is 1.94. The predicted octanol–water partition coefficient (Wildman–Crippen LogP) is 2.44. The maximum Gasteiger partial charge on any atom is 0.270 e. The molecule has 0 radical (unpaired) electrons. The van der Waals surface area contributed by atoms with Crippen LogP contribution < -0.4 is 4.90 Å². The van der Waals surface area contributed by atoms with Crippen molar-refractivity contribution in [2.24, 2.45) is 0 Å². The molecule has 0 aliphatic rings.